The van der Waals surface area contributed by atoms with Crippen molar-refractivity contribution < 1.29 is 0 Å². The van der Waals surface area contributed by atoms with Crippen molar-refractivity contribution >= 4 is 23.2 Å². The van der Waals surface area contributed by atoms with Gasteiger partial charge in [0.05, 0.1) is 5.69 Å². The highest BCUT2D eigenvalue weighted by molar-refractivity contribution is 6.32. The summed E-state index contributed by atoms with van der Waals surface area (Å²) in [5.41, 5.74) is 0.959. The molecule has 0 spiro atoms. The highest BCUT2D eigenvalue weighted by atomic mass is 35.5. The van der Waals surface area contributed by atoms with E-state index in [-0.39, 0.29) is 0 Å². The summed E-state index contributed by atoms with van der Waals surface area (Å²) in [5, 5.41) is 4.40. The van der Waals surface area contributed by atoms with Gasteiger partial charge in [-0.1, -0.05) is 18.5 Å². The number of halogens is 2. The Morgan fingerprint density at radius 2 is 2.13 bits per heavy atom. The van der Waals surface area contributed by atoms with Crippen LogP contribution in [0.25, 0.3) is 0 Å². The van der Waals surface area contributed by atoms with Crippen molar-refractivity contribution in [1.29, 1.82) is 0 Å². The number of rotatable bonds is 3. The van der Waals surface area contributed by atoms with Gasteiger partial charge in [-0.2, -0.15) is 0 Å². The van der Waals surface area contributed by atoms with Crippen molar-refractivity contribution in [3.05, 3.63) is 16.1 Å². The third-order valence-corrected chi connectivity index (χ3v) is 3.68. The first-order valence-electron chi connectivity index (χ1n) is 5.18. The molecule has 5 heteroatoms. The molecular formula is C10H15Cl2N3. The van der Waals surface area contributed by atoms with E-state index in [4.69, 9.17) is 23.2 Å². The van der Waals surface area contributed by atoms with Gasteiger partial charge in [0, 0.05) is 19.6 Å². The normalized spacial score (nSPS) is 25.3. The van der Waals surface area contributed by atoms with Crippen LogP contribution in [0.15, 0.2) is 0 Å². The molecule has 1 N–H and O–H groups in total. The van der Waals surface area contributed by atoms with E-state index in [0.717, 1.165) is 18.2 Å². The monoisotopic (exact) mass is 247 g/mol. The molecule has 0 saturated heterocycles. The highest BCUT2D eigenvalue weighted by Gasteiger charge is 2.25. The molecule has 1 fully saturated rings. The minimum atomic E-state index is 0.443. The summed E-state index contributed by atoms with van der Waals surface area (Å²) in [6.45, 7) is 3.01. The van der Waals surface area contributed by atoms with Crippen LogP contribution in [0.5, 0.6) is 0 Å². The van der Waals surface area contributed by atoms with Crippen LogP contribution in [-0.4, -0.2) is 15.6 Å². The minimum absolute atomic E-state index is 0.443. The molecule has 1 aliphatic rings. The van der Waals surface area contributed by atoms with Crippen LogP contribution in [-0.2, 0) is 13.6 Å². The third-order valence-electron chi connectivity index (χ3n) is 3.04. The minimum Gasteiger partial charge on any atom is -0.319 e. The third kappa shape index (κ3) is 2.30. The molecule has 15 heavy (non-hydrogen) atoms. The number of hydrogen-bond acceptors (Lipinski definition) is 2. The second kappa shape index (κ2) is 4.32. The molecule has 0 aliphatic heterocycles. The van der Waals surface area contributed by atoms with Gasteiger partial charge in [-0.25, -0.2) is 4.98 Å². The van der Waals surface area contributed by atoms with Gasteiger partial charge in [-0.15, -0.1) is 0 Å². The molecule has 0 amide bonds. The number of nitrogens with one attached hydrogen (secondary N) is 1. The van der Waals surface area contributed by atoms with Gasteiger partial charge in [0.2, 0.25) is 5.28 Å². The topological polar surface area (TPSA) is 29.9 Å². The Hall–Kier alpha value is -0.250. The number of aromatic nitrogens is 2. The van der Waals surface area contributed by atoms with E-state index in [2.05, 4.69) is 17.2 Å². The van der Waals surface area contributed by atoms with E-state index in [1.807, 2.05) is 11.6 Å². The van der Waals surface area contributed by atoms with Crippen molar-refractivity contribution in [2.75, 3.05) is 0 Å². The molecule has 0 radical (unpaired) electrons. The van der Waals surface area contributed by atoms with Crippen LogP contribution in [0.4, 0.5) is 0 Å². The van der Waals surface area contributed by atoms with Crippen molar-refractivity contribution in [2.24, 2.45) is 13.0 Å². The van der Waals surface area contributed by atoms with Gasteiger partial charge in [0.1, 0.15) is 0 Å². The molecule has 1 aromatic heterocycles. The molecule has 0 aromatic carbocycles. The van der Waals surface area contributed by atoms with Gasteiger partial charge < -0.3 is 9.88 Å². The number of imidazole rings is 1. The van der Waals surface area contributed by atoms with Crippen LogP contribution in [0.3, 0.4) is 0 Å². The quantitative estimate of drug-likeness (QED) is 0.891. The Bertz CT molecular complexity index is 356. The Morgan fingerprint density at radius 1 is 1.47 bits per heavy atom. The van der Waals surface area contributed by atoms with Gasteiger partial charge in [-0.05, 0) is 30.4 Å². The van der Waals surface area contributed by atoms with Gasteiger partial charge in [0.25, 0.3) is 0 Å². The predicted molar refractivity (Wildman–Crippen MR) is 62.3 cm³/mol. The lowest BCUT2D eigenvalue weighted by molar-refractivity contribution is 0.239. The van der Waals surface area contributed by atoms with Crippen molar-refractivity contribution in [2.45, 2.75) is 32.4 Å². The number of hydrogen-bond donors (Lipinski definition) is 1. The van der Waals surface area contributed by atoms with Crippen LogP contribution in [0, 0.1) is 5.92 Å². The van der Waals surface area contributed by atoms with Crippen molar-refractivity contribution in [1.82, 2.24) is 14.9 Å². The first kappa shape index (κ1) is 11.2. The lowest BCUT2D eigenvalue weighted by Crippen LogP contribution is -2.39. The van der Waals surface area contributed by atoms with Crippen molar-refractivity contribution in [3.8, 4) is 0 Å². The molecular weight excluding hydrogens is 233 g/mol. The first-order chi connectivity index (χ1) is 7.08. The molecule has 0 atom stereocenters. The van der Waals surface area contributed by atoms with Crippen LogP contribution in [0.1, 0.15) is 25.5 Å². The average molecular weight is 248 g/mol. The fraction of sp³-hybridized carbons (Fsp3) is 0.700. The second-order valence-electron chi connectivity index (χ2n) is 4.33. The van der Waals surface area contributed by atoms with Crippen LogP contribution < -0.4 is 5.32 Å². The van der Waals surface area contributed by atoms with E-state index in [1.54, 1.807) is 0 Å². The van der Waals surface area contributed by atoms with Gasteiger partial charge >= 0.3 is 0 Å². The molecule has 84 valence electrons. The fourth-order valence-corrected chi connectivity index (χ4v) is 2.48. The lowest BCUT2D eigenvalue weighted by Gasteiger charge is -2.33. The van der Waals surface area contributed by atoms with Crippen LogP contribution in [0.2, 0.25) is 10.4 Å². The Kier molecular flexibility index (Phi) is 3.24. The fourth-order valence-electron chi connectivity index (χ4n) is 1.97. The maximum atomic E-state index is 5.97. The molecule has 2 rings (SSSR count). The Labute approximate surface area is 99.8 Å². The molecule has 0 bridgehead atoms. The van der Waals surface area contributed by atoms with Gasteiger partial charge in [-0.3, -0.25) is 0 Å². The standard InChI is InChI=1S/C10H15Cl2N3/c1-6-3-7(4-6)13-5-8-9(11)14-10(12)15(8)2/h6-7,13H,3-5H2,1-2H3. The Balaban J connectivity index is 1.93. The maximum Gasteiger partial charge on any atom is 0.204 e. The van der Waals surface area contributed by atoms with Crippen molar-refractivity contribution in [3.63, 3.8) is 0 Å². The Morgan fingerprint density at radius 3 is 2.60 bits per heavy atom. The molecule has 1 aromatic rings. The molecule has 1 heterocycles. The highest BCUT2D eigenvalue weighted by Crippen LogP contribution is 2.27. The molecule has 1 saturated carbocycles. The SMILES string of the molecule is CC1CC(NCc2c(Cl)nc(Cl)n2C)C1. The van der Waals surface area contributed by atoms with E-state index in [0.29, 0.717) is 16.5 Å². The second-order valence-corrected chi connectivity index (χ2v) is 5.03. The lowest BCUT2D eigenvalue weighted by atomic mass is 9.82. The van der Waals surface area contributed by atoms with Gasteiger partial charge in [0.15, 0.2) is 5.15 Å². The molecule has 3 nitrogen and oxygen atoms in total. The predicted octanol–water partition coefficient (Wildman–Crippen LogP) is 2.62. The molecule has 0 unspecified atom stereocenters. The summed E-state index contributed by atoms with van der Waals surface area (Å²) in [6.07, 6.45) is 2.51. The summed E-state index contributed by atoms with van der Waals surface area (Å²) in [7, 11) is 1.88. The summed E-state index contributed by atoms with van der Waals surface area (Å²) in [5.74, 6) is 0.855. The van der Waals surface area contributed by atoms with Crippen LogP contribution >= 0.6 is 23.2 Å². The molecule has 1 aliphatic carbocycles. The first-order valence-corrected chi connectivity index (χ1v) is 5.93. The van der Waals surface area contributed by atoms with E-state index < -0.39 is 0 Å². The maximum absolute atomic E-state index is 5.97. The average Bonchev–Trinajstić information content (AvgIpc) is 2.36. The zero-order valence-corrected chi connectivity index (χ0v) is 10.4. The smallest absolute Gasteiger partial charge is 0.204 e. The summed E-state index contributed by atoms with van der Waals surface area (Å²) < 4.78 is 1.82. The van der Waals surface area contributed by atoms with E-state index >= 15 is 0 Å². The largest absolute Gasteiger partial charge is 0.319 e. The summed E-state index contributed by atoms with van der Waals surface area (Å²) >= 11 is 11.8. The van der Waals surface area contributed by atoms with E-state index in [1.165, 1.54) is 12.8 Å². The summed E-state index contributed by atoms with van der Waals surface area (Å²) in [6, 6.07) is 0.629. The zero-order valence-electron chi connectivity index (χ0n) is 8.93. The number of nitrogens with zero attached hydrogens (tertiary/aromatic N) is 2. The zero-order chi connectivity index (χ0) is 11.0. The van der Waals surface area contributed by atoms with E-state index in [9.17, 15) is 0 Å². The summed E-state index contributed by atoms with van der Waals surface area (Å²) in [4.78, 5) is 4.00.